The van der Waals surface area contributed by atoms with Crippen LogP contribution < -0.4 is 5.32 Å². The van der Waals surface area contributed by atoms with Crippen LogP contribution in [-0.4, -0.2) is 41.5 Å². The quantitative estimate of drug-likeness (QED) is 0.878. The minimum Gasteiger partial charge on any atom is -0.481 e. The van der Waals surface area contributed by atoms with Gasteiger partial charge in [0, 0.05) is 12.2 Å². The average molecular weight is 280 g/mol. The summed E-state index contributed by atoms with van der Waals surface area (Å²) in [4.78, 5) is 24.8. The van der Waals surface area contributed by atoms with Gasteiger partial charge in [-0.3, -0.25) is 14.5 Å². The number of amides is 1. The first-order valence-electron chi connectivity index (χ1n) is 6.40. The van der Waals surface area contributed by atoms with Crippen molar-refractivity contribution in [3.63, 3.8) is 0 Å². The summed E-state index contributed by atoms with van der Waals surface area (Å²) < 4.78 is 12.7. The van der Waals surface area contributed by atoms with Crippen LogP contribution in [0.2, 0.25) is 0 Å². The number of aliphatic carboxylic acids is 1. The van der Waals surface area contributed by atoms with Crippen LogP contribution in [0.1, 0.15) is 13.3 Å². The summed E-state index contributed by atoms with van der Waals surface area (Å²) >= 11 is 0. The van der Waals surface area contributed by atoms with E-state index in [-0.39, 0.29) is 18.3 Å². The van der Waals surface area contributed by atoms with Crippen molar-refractivity contribution in [1.82, 2.24) is 4.90 Å². The predicted octanol–water partition coefficient (Wildman–Crippen LogP) is 1.56. The van der Waals surface area contributed by atoms with Gasteiger partial charge in [0.2, 0.25) is 5.91 Å². The van der Waals surface area contributed by atoms with E-state index in [0.717, 1.165) is 0 Å². The summed E-state index contributed by atoms with van der Waals surface area (Å²) in [5.41, 5.74) is -0.257. The molecule has 0 saturated carbocycles. The van der Waals surface area contributed by atoms with Gasteiger partial charge in [-0.1, -0.05) is 0 Å². The molecule has 1 fully saturated rings. The van der Waals surface area contributed by atoms with Crippen molar-refractivity contribution in [1.29, 1.82) is 0 Å². The fourth-order valence-corrected chi connectivity index (χ4v) is 2.30. The van der Waals surface area contributed by atoms with E-state index >= 15 is 0 Å². The predicted molar refractivity (Wildman–Crippen MR) is 71.8 cm³/mol. The van der Waals surface area contributed by atoms with Crippen LogP contribution in [0.15, 0.2) is 24.3 Å². The third kappa shape index (κ3) is 3.33. The second-order valence-electron chi connectivity index (χ2n) is 5.38. The fraction of sp³-hybridized carbons (Fsp3) is 0.429. The van der Waals surface area contributed by atoms with E-state index < -0.39 is 11.4 Å². The Morgan fingerprint density at radius 1 is 1.40 bits per heavy atom. The number of likely N-dealkylation sites (tertiary alicyclic amines) is 1. The maximum atomic E-state index is 12.7. The monoisotopic (exact) mass is 280 g/mol. The molecule has 1 saturated heterocycles. The van der Waals surface area contributed by atoms with Crippen molar-refractivity contribution >= 4 is 17.6 Å². The fourth-order valence-electron chi connectivity index (χ4n) is 2.30. The Balaban J connectivity index is 1.87. The zero-order valence-corrected chi connectivity index (χ0v) is 11.2. The molecule has 1 atom stereocenters. The molecule has 1 aliphatic heterocycles. The smallest absolute Gasteiger partial charge is 0.310 e. The minimum absolute atomic E-state index is 0.139. The lowest BCUT2D eigenvalue weighted by Crippen LogP contribution is -2.35. The number of rotatable bonds is 4. The molecule has 2 N–H and O–H groups in total. The Labute approximate surface area is 116 Å². The van der Waals surface area contributed by atoms with E-state index in [1.165, 1.54) is 24.3 Å². The largest absolute Gasteiger partial charge is 0.481 e. The number of carboxylic acid groups (broad SMARTS) is 1. The summed E-state index contributed by atoms with van der Waals surface area (Å²) in [6.07, 6.45) is 0.534. The topological polar surface area (TPSA) is 69.6 Å². The molecule has 0 radical (unpaired) electrons. The Bertz CT molecular complexity index is 518. The van der Waals surface area contributed by atoms with Crippen LogP contribution in [0.5, 0.6) is 0 Å². The molecule has 1 aromatic rings. The summed E-state index contributed by atoms with van der Waals surface area (Å²) in [6.45, 7) is 2.77. The maximum absolute atomic E-state index is 12.7. The summed E-state index contributed by atoms with van der Waals surface area (Å²) in [5, 5.41) is 11.8. The molecular weight excluding hydrogens is 263 g/mol. The SMILES string of the molecule is CC1(C(=O)O)CCN(CC(=O)Nc2ccc(F)cc2)C1. The number of hydrogen-bond donors (Lipinski definition) is 2. The first kappa shape index (κ1) is 14.5. The second kappa shape index (κ2) is 5.58. The van der Waals surface area contributed by atoms with Gasteiger partial charge in [0.15, 0.2) is 0 Å². The van der Waals surface area contributed by atoms with E-state index in [1.54, 1.807) is 6.92 Å². The first-order chi connectivity index (χ1) is 9.39. The van der Waals surface area contributed by atoms with Gasteiger partial charge in [-0.25, -0.2) is 4.39 Å². The molecule has 0 aliphatic carbocycles. The van der Waals surface area contributed by atoms with E-state index in [4.69, 9.17) is 5.11 Å². The zero-order chi connectivity index (χ0) is 14.8. The Kier molecular flexibility index (Phi) is 4.04. The number of nitrogens with zero attached hydrogens (tertiary/aromatic N) is 1. The number of carbonyl (C=O) groups is 2. The third-order valence-electron chi connectivity index (χ3n) is 3.56. The summed E-state index contributed by atoms with van der Waals surface area (Å²) in [6, 6.07) is 5.51. The van der Waals surface area contributed by atoms with Gasteiger partial charge in [-0.05, 0) is 44.2 Å². The molecule has 1 aromatic carbocycles. The number of benzene rings is 1. The van der Waals surface area contributed by atoms with Crippen molar-refractivity contribution in [3.8, 4) is 0 Å². The highest BCUT2D eigenvalue weighted by Gasteiger charge is 2.40. The average Bonchev–Trinajstić information content (AvgIpc) is 2.75. The Morgan fingerprint density at radius 2 is 2.05 bits per heavy atom. The van der Waals surface area contributed by atoms with Crippen LogP contribution in [0.4, 0.5) is 10.1 Å². The molecule has 20 heavy (non-hydrogen) atoms. The minimum atomic E-state index is -0.834. The highest BCUT2D eigenvalue weighted by Crippen LogP contribution is 2.29. The van der Waals surface area contributed by atoms with Crippen molar-refractivity contribution in [3.05, 3.63) is 30.1 Å². The standard InChI is InChI=1S/C14H17FN2O3/c1-14(13(19)20)6-7-17(9-14)8-12(18)16-11-4-2-10(15)3-5-11/h2-5H,6-9H2,1H3,(H,16,18)(H,19,20). The molecule has 1 unspecified atom stereocenters. The van der Waals surface area contributed by atoms with Crippen molar-refractivity contribution < 1.29 is 19.1 Å². The van der Waals surface area contributed by atoms with E-state index in [1.807, 2.05) is 4.90 Å². The molecule has 108 valence electrons. The molecule has 1 heterocycles. The molecule has 1 aliphatic rings. The van der Waals surface area contributed by atoms with Gasteiger partial charge in [-0.2, -0.15) is 0 Å². The van der Waals surface area contributed by atoms with Crippen LogP contribution in [-0.2, 0) is 9.59 Å². The van der Waals surface area contributed by atoms with Crippen LogP contribution in [0.25, 0.3) is 0 Å². The van der Waals surface area contributed by atoms with Crippen LogP contribution >= 0.6 is 0 Å². The first-order valence-corrected chi connectivity index (χ1v) is 6.40. The third-order valence-corrected chi connectivity index (χ3v) is 3.56. The zero-order valence-electron chi connectivity index (χ0n) is 11.2. The normalized spacial score (nSPS) is 22.7. The summed E-state index contributed by atoms with van der Waals surface area (Å²) in [7, 11) is 0. The lowest BCUT2D eigenvalue weighted by molar-refractivity contribution is -0.147. The number of halogens is 1. The van der Waals surface area contributed by atoms with Crippen molar-refractivity contribution in [2.24, 2.45) is 5.41 Å². The van der Waals surface area contributed by atoms with E-state index in [2.05, 4.69) is 5.32 Å². The lowest BCUT2D eigenvalue weighted by Gasteiger charge is -2.19. The molecule has 1 amide bonds. The van der Waals surface area contributed by atoms with Crippen LogP contribution in [0.3, 0.4) is 0 Å². The highest BCUT2D eigenvalue weighted by molar-refractivity contribution is 5.92. The maximum Gasteiger partial charge on any atom is 0.310 e. The number of nitrogens with one attached hydrogen (secondary N) is 1. The molecule has 0 aromatic heterocycles. The molecule has 6 heteroatoms. The van der Waals surface area contributed by atoms with E-state index in [9.17, 15) is 14.0 Å². The van der Waals surface area contributed by atoms with E-state index in [0.29, 0.717) is 25.2 Å². The highest BCUT2D eigenvalue weighted by atomic mass is 19.1. The Hall–Kier alpha value is -1.95. The summed E-state index contributed by atoms with van der Waals surface area (Å²) in [5.74, 6) is -1.43. The Morgan fingerprint density at radius 3 is 2.60 bits per heavy atom. The number of hydrogen-bond acceptors (Lipinski definition) is 3. The second-order valence-corrected chi connectivity index (χ2v) is 5.38. The molecule has 5 nitrogen and oxygen atoms in total. The number of anilines is 1. The molecule has 2 rings (SSSR count). The molecular formula is C14H17FN2O3. The van der Waals surface area contributed by atoms with Gasteiger partial charge in [0.1, 0.15) is 5.82 Å². The molecule has 0 spiro atoms. The van der Waals surface area contributed by atoms with Gasteiger partial charge in [-0.15, -0.1) is 0 Å². The number of carboxylic acids is 1. The molecule has 0 bridgehead atoms. The van der Waals surface area contributed by atoms with Gasteiger partial charge in [0.25, 0.3) is 0 Å². The van der Waals surface area contributed by atoms with Crippen LogP contribution in [0, 0.1) is 11.2 Å². The van der Waals surface area contributed by atoms with Gasteiger partial charge < -0.3 is 10.4 Å². The van der Waals surface area contributed by atoms with Gasteiger partial charge >= 0.3 is 5.97 Å². The van der Waals surface area contributed by atoms with Crippen molar-refractivity contribution in [2.45, 2.75) is 13.3 Å². The van der Waals surface area contributed by atoms with Crippen molar-refractivity contribution in [2.75, 3.05) is 25.0 Å². The lowest BCUT2D eigenvalue weighted by atomic mass is 9.90. The van der Waals surface area contributed by atoms with Gasteiger partial charge in [0.05, 0.1) is 12.0 Å². The number of carbonyl (C=O) groups excluding carboxylic acids is 1.